The van der Waals surface area contributed by atoms with Gasteiger partial charge in [0, 0.05) is 5.25 Å². The maximum atomic E-state index is 4.90. The first-order valence-electron chi connectivity index (χ1n) is 10.6. The topological polar surface area (TPSA) is 0 Å². The maximum absolute atomic E-state index is 4.90. The summed E-state index contributed by atoms with van der Waals surface area (Å²) in [6, 6.07) is 0. The molecule has 0 aliphatic heterocycles. The van der Waals surface area contributed by atoms with Gasteiger partial charge in [0.15, 0.2) is 0 Å². The third kappa shape index (κ3) is 3.72. The molecule has 0 radical (unpaired) electrons. The van der Waals surface area contributed by atoms with E-state index in [9.17, 15) is 0 Å². The van der Waals surface area contributed by atoms with E-state index in [0.717, 1.165) is 41.4 Å². The van der Waals surface area contributed by atoms with Gasteiger partial charge in [0.2, 0.25) is 0 Å². The Morgan fingerprint density at radius 1 is 0.750 bits per heavy atom. The zero-order chi connectivity index (χ0) is 18.4. The third-order valence-electron chi connectivity index (χ3n) is 8.41. The highest BCUT2D eigenvalue weighted by molar-refractivity contribution is 7.80. The normalized spacial score (nSPS) is 40.8. The molecule has 2 aliphatic carbocycles. The van der Waals surface area contributed by atoms with Crippen LogP contribution >= 0.6 is 12.6 Å². The monoisotopic (exact) mass is 352 g/mol. The predicted octanol–water partition coefficient (Wildman–Crippen LogP) is 7.34. The summed E-state index contributed by atoms with van der Waals surface area (Å²) in [6.07, 6.45) is 5.67. The Balaban J connectivity index is 2.34. The van der Waals surface area contributed by atoms with E-state index in [-0.39, 0.29) is 0 Å². The Morgan fingerprint density at radius 2 is 1.17 bits per heavy atom. The van der Waals surface area contributed by atoms with Crippen LogP contribution in [0.5, 0.6) is 0 Å². The molecule has 0 aromatic heterocycles. The van der Waals surface area contributed by atoms with Crippen LogP contribution in [0.2, 0.25) is 0 Å². The molecule has 142 valence electrons. The van der Waals surface area contributed by atoms with E-state index >= 15 is 0 Å². The van der Waals surface area contributed by atoms with Crippen molar-refractivity contribution in [2.75, 3.05) is 0 Å². The second-order valence-corrected chi connectivity index (χ2v) is 12.0. The minimum atomic E-state index is 0.417. The first kappa shape index (κ1) is 20.7. The molecular weight excluding hydrogens is 308 g/mol. The minimum absolute atomic E-state index is 0.417. The first-order chi connectivity index (χ1) is 10.9. The van der Waals surface area contributed by atoms with Crippen molar-refractivity contribution in [3.8, 4) is 0 Å². The molecule has 2 aliphatic rings. The van der Waals surface area contributed by atoms with Gasteiger partial charge in [0.05, 0.1) is 0 Å². The standard InChI is InChI=1S/C23H44S/c1-14-10-12-18(16(3)22(5,6)7)20(14)23(8,9)21-15(2)11-13-19(21)17(4)24/h14-21,24H,10-13H2,1-9H3/t14?,15?,16?,17-,18?,19?,20?,21?/m1/s1. The van der Waals surface area contributed by atoms with Gasteiger partial charge in [0.1, 0.15) is 0 Å². The SMILES string of the molecule is CC1CCC(C(C)C(C)(C)C)C1C(C)(C)C1C(C)CCC1[C@@H](C)S. The second-order valence-electron chi connectivity index (χ2n) is 11.2. The fourth-order valence-electron chi connectivity index (χ4n) is 7.01. The van der Waals surface area contributed by atoms with Gasteiger partial charge in [-0.25, -0.2) is 0 Å². The van der Waals surface area contributed by atoms with Crippen molar-refractivity contribution in [3.63, 3.8) is 0 Å². The van der Waals surface area contributed by atoms with Crippen molar-refractivity contribution in [3.05, 3.63) is 0 Å². The fourth-order valence-corrected chi connectivity index (χ4v) is 7.34. The molecule has 0 aromatic carbocycles. The number of hydrogen-bond donors (Lipinski definition) is 1. The minimum Gasteiger partial charge on any atom is -0.176 e. The smallest absolute Gasteiger partial charge is 0.00196 e. The lowest BCUT2D eigenvalue weighted by Gasteiger charge is -2.50. The zero-order valence-corrected chi connectivity index (χ0v) is 18.8. The van der Waals surface area contributed by atoms with Crippen molar-refractivity contribution in [2.24, 2.45) is 52.3 Å². The summed E-state index contributed by atoms with van der Waals surface area (Å²) in [6.45, 7) is 22.5. The highest BCUT2D eigenvalue weighted by atomic mass is 32.1. The lowest BCUT2D eigenvalue weighted by atomic mass is 9.55. The summed E-state index contributed by atoms with van der Waals surface area (Å²) in [5.74, 6) is 5.93. The number of hydrogen-bond acceptors (Lipinski definition) is 1. The predicted molar refractivity (Wildman–Crippen MR) is 112 cm³/mol. The highest BCUT2D eigenvalue weighted by Crippen LogP contribution is 2.60. The van der Waals surface area contributed by atoms with Crippen molar-refractivity contribution >= 4 is 12.6 Å². The third-order valence-corrected chi connectivity index (χ3v) is 8.79. The summed E-state index contributed by atoms with van der Waals surface area (Å²) < 4.78 is 0. The number of rotatable bonds is 4. The largest absolute Gasteiger partial charge is 0.176 e. The molecule has 0 amide bonds. The molecule has 0 saturated heterocycles. The van der Waals surface area contributed by atoms with Gasteiger partial charge in [-0.15, -0.1) is 0 Å². The van der Waals surface area contributed by atoms with Gasteiger partial charge >= 0.3 is 0 Å². The van der Waals surface area contributed by atoms with Crippen LogP contribution in [0.3, 0.4) is 0 Å². The van der Waals surface area contributed by atoms with Crippen LogP contribution in [0.4, 0.5) is 0 Å². The lowest BCUT2D eigenvalue weighted by Crippen LogP contribution is -2.45. The van der Waals surface area contributed by atoms with Gasteiger partial charge in [0.25, 0.3) is 0 Å². The Kier molecular flexibility index (Phi) is 6.17. The molecule has 1 heteroatoms. The molecular formula is C23H44S. The summed E-state index contributed by atoms with van der Waals surface area (Å²) in [7, 11) is 0. The van der Waals surface area contributed by atoms with Crippen LogP contribution in [-0.2, 0) is 0 Å². The van der Waals surface area contributed by atoms with Gasteiger partial charge < -0.3 is 0 Å². The molecule has 7 unspecified atom stereocenters. The number of thiol groups is 1. The summed E-state index contributed by atoms with van der Waals surface area (Å²) in [4.78, 5) is 0. The summed E-state index contributed by atoms with van der Waals surface area (Å²) in [5.41, 5.74) is 0.845. The highest BCUT2D eigenvalue weighted by Gasteiger charge is 2.54. The van der Waals surface area contributed by atoms with Crippen LogP contribution in [0.1, 0.15) is 88.0 Å². The van der Waals surface area contributed by atoms with E-state index in [1.165, 1.54) is 25.7 Å². The van der Waals surface area contributed by atoms with E-state index in [1.54, 1.807) is 0 Å². The van der Waals surface area contributed by atoms with E-state index in [1.807, 2.05) is 0 Å². The first-order valence-corrected chi connectivity index (χ1v) is 11.1. The Morgan fingerprint density at radius 3 is 1.58 bits per heavy atom. The molecule has 0 nitrogen and oxygen atoms in total. The molecule has 2 rings (SSSR count). The van der Waals surface area contributed by atoms with Crippen molar-refractivity contribution < 1.29 is 0 Å². The van der Waals surface area contributed by atoms with E-state index in [4.69, 9.17) is 12.6 Å². The molecule has 0 heterocycles. The molecule has 0 aromatic rings. The van der Waals surface area contributed by atoms with Crippen molar-refractivity contribution in [1.82, 2.24) is 0 Å². The van der Waals surface area contributed by atoms with E-state index < -0.39 is 0 Å². The Hall–Kier alpha value is 0.350. The van der Waals surface area contributed by atoms with Crippen molar-refractivity contribution in [2.45, 2.75) is 93.2 Å². The van der Waals surface area contributed by atoms with Crippen LogP contribution in [-0.4, -0.2) is 5.25 Å². The van der Waals surface area contributed by atoms with E-state index in [0.29, 0.717) is 16.1 Å². The van der Waals surface area contributed by atoms with Crippen molar-refractivity contribution in [1.29, 1.82) is 0 Å². The Labute approximate surface area is 158 Å². The quantitative estimate of drug-likeness (QED) is 0.503. The molecule has 0 bridgehead atoms. The van der Waals surface area contributed by atoms with Crippen LogP contribution in [0.25, 0.3) is 0 Å². The van der Waals surface area contributed by atoms with Gasteiger partial charge in [-0.05, 0) is 65.1 Å². The lowest BCUT2D eigenvalue weighted by molar-refractivity contribution is -0.0114. The summed E-state index contributed by atoms with van der Waals surface area (Å²) >= 11 is 4.90. The zero-order valence-electron chi connectivity index (χ0n) is 17.9. The molecule has 8 atom stereocenters. The molecule has 2 saturated carbocycles. The molecule has 24 heavy (non-hydrogen) atoms. The molecule has 0 spiro atoms. The molecule has 2 fully saturated rings. The average Bonchev–Trinajstić information content (AvgIpc) is 3.00. The van der Waals surface area contributed by atoms with Crippen LogP contribution in [0.15, 0.2) is 0 Å². The average molecular weight is 353 g/mol. The van der Waals surface area contributed by atoms with E-state index in [2.05, 4.69) is 62.3 Å². The van der Waals surface area contributed by atoms with Crippen LogP contribution in [0, 0.1) is 52.3 Å². The van der Waals surface area contributed by atoms with Gasteiger partial charge in [-0.2, -0.15) is 12.6 Å². The fraction of sp³-hybridized carbons (Fsp3) is 1.00. The molecule has 0 N–H and O–H groups in total. The maximum Gasteiger partial charge on any atom is 0.00196 e. The van der Waals surface area contributed by atoms with Crippen LogP contribution < -0.4 is 0 Å². The summed E-state index contributed by atoms with van der Waals surface area (Å²) in [5, 5.41) is 0.537. The van der Waals surface area contributed by atoms with Gasteiger partial charge in [-0.1, -0.05) is 75.2 Å². The Bertz CT molecular complexity index is 416. The second kappa shape index (κ2) is 7.16. The van der Waals surface area contributed by atoms with Gasteiger partial charge in [-0.3, -0.25) is 0 Å².